The number of carbonyl (C=O) groups is 1. The van der Waals surface area contributed by atoms with Gasteiger partial charge in [-0.25, -0.2) is 9.48 Å². The average molecular weight is 373 g/mol. The van der Waals surface area contributed by atoms with Crippen molar-refractivity contribution in [3.63, 3.8) is 0 Å². The molecule has 2 aromatic carbocycles. The Morgan fingerprint density at radius 1 is 1.17 bits per heavy atom. The summed E-state index contributed by atoms with van der Waals surface area (Å²) >= 11 is 3.37. The molecule has 0 aliphatic heterocycles. The van der Waals surface area contributed by atoms with E-state index in [0.29, 0.717) is 21.0 Å². The highest BCUT2D eigenvalue weighted by molar-refractivity contribution is 9.10. The molecule has 0 fully saturated rings. The zero-order chi connectivity index (χ0) is 16.6. The highest BCUT2D eigenvalue weighted by Crippen LogP contribution is 2.27. The van der Waals surface area contributed by atoms with Crippen LogP contribution in [-0.4, -0.2) is 15.7 Å². The van der Waals surface area contributed by atoms with Gasteiger partial charge in [-0.3, -0.25) is 4.79 Å². The fourth-order valence-electron chi connectivity index (χ4n) is 2.29. The zero-order valence-electron chi connectivity index (χ0n) is 12.5. The van der Waals surface area contributed by atoms with Crippen LogP contribution in [0.4, 0.5) is 0 Å². The van der Waals surface area contributed by atoms with Crippen LogP contribution >= 0.6 is 15.9 Å². The van der Waals surface area contributed by atoms with Crippen LogP contribution in [0, 0.1) is 6.92 Å². The van der Waals surface area contributed by atoms with Crippen LogP contribution in [-0.2, 0) is 7.05 Å². The van der Waals surface area contributed by atoms with Crippen molar-refractivity contribution in [1.29, 1.82) is 0 Å². The van der Waals surface area contributed by atoms with Gasteiger partial charge < -0.3 is 4.74 Å². The maximum Gasteiger partial charge on any atom is 0.364 e. The quantitative estimate of drug-likeness (QED) is 0.511. The molecule has 0 amide bonds. The van der Waals surface area contributed by atoms with E-state index in [0.717, 1.165) is 10.2 Å². The molecular weight excluding hydrogens is 360 g/mol. The zero-order valence-corrected chi connectivity index (χ0v) is 14.1. The van der Waals surface area contributed by atoms with E-state index in [-0.39, 0.29) is 11.3 Å². The normalized spacial score (nSPS) is 10.7. The lowest BCUT2D eigenvalue weighted by atomic mass is 10.1. The maximum absolute atomic E-state index is 12.5. The van der Waals surface area contributed by atoms with Gasteiger partial charge in [0.1, 0.15) is 5.75 Å². The van der Waals surface area contributed by atoms with Crippen LogP contribution in [0.5, 0.6) is 5.75 Å². The van der Waals surface area contributed by atoms with E-state index in [1.54, 1.807) is 30.3 Å². The second-order valence-electron chi connectivity index (χ2n) is 5.15. The summed E-state index contributed by atoms with van der Waals surface area (Å²) < 4.78 is 7.25. The Kier molecular flexibility index (Phi) is 4.00. The molecule has 116 valence electrons. The summed E-state index contributed by atoms with van der Waals surface area (Å²) in [5.74, 6) is -0.207. The molecule has 0 unspecified atom stereocenters. The van der Waals surface area contributed by atoms with Gasteiger partial charge in [-0.2, -0.15) is 5.10 Å². The Labute approximate surface area is 140 Å². The van der Waals surface area contributed by atoms with Gasteiger partial charge in [-0.1, -0.05) is 24.3 Å². The largest absolute Gasteiger partial charge is 0.421 e. The van der Waals surface area contributed by atoms with E-state index in [2.05, 4.69) is 21.0 Å². The second kappa shape index (κ2) is 5.96. The summed E-state index contributed by atoms with van der Waals surface area (Å²) in [6.45, 7) is 1.94. The Bertz CT molecular complexity index is 979. The minimum atomic E-state index is -0.610. The van der Waals surface area contributed by atoms with Crippen LogP contribution in [0.3, 0.4) is 0 Å². The van der Waals surface area contributed by atoms with Crippen LogP contribution in [0.15, 0.2) is 51.7 Å². The molecule has 3 rings (SSSR count). The standard InChI is InChI=1S/C17H13BrN2O3/c1-10-7-8-14(13(18)9-10)23-17(22)15-11-5-3-4-6-12(11)16(21)20(2)19-15/h3-9H,1-2H3. The monoisotopic (exact) mass is 372 g/mol. The number of halogens is 1. The molecule has 0 spiro atoms. The summed E-state index contributed by atoms with van der Waals surface area (Å²) in [6.07, 6.45) is 0. The van der Waals surface area contributed by atoms with E-state index in [4.69, 9.17) is 4.74 Å². The van der Waals surface area contributed by atoms with Crippen LogP contribution < -0.4 is 10.3 Å². The van der Waals surface area contributed by atoms with E-state index in [1.807, 2.05) is 19.1 Å². The number of carbonyl (C=O) groups excluding carboxylic acids is 1. The van der Waals surface area contributed by atoms with Crippen molar-refractivity contribution in [3.05, 3.63) is 68.5 Å². The lowest BCUT2D eigenvalue weighted by molar-refractivity contribution is 0.0727. The fraction of sp³-hybridized carbons (Fsp3) is 0.118. The number of hydrogen-bond donors (Lipinski definition) is 0. The Morgan fingerprint density at radius 3 is 2.57 bits per heavy atom. The minimum absolute atomic E-state index is 0.107. The number of aromatic nitrogens is 2. The molecule has 0 atom stereocenters. The van der Waals surface area contributed by atoms with Crippen molar-refractivity contribution in [3.8, 4) is 5.75 Å². The van der Waals surface area contributed by atoms with Crippen LogP contribution in [0.25, 0.3) is 10.8 Å². The summed E-state index contributed by atoms with van der Waals surface area (Å²) in [7, 11) is 1.51. The molecule has 23 heavy (non-hydrogen) atoms. The molecule has 0 saturated heterocycles. The molecule has 0 bridgehead atoms. The number of esters is 1. The Balaban J connectivity index is 2.08. The first-order valence-electron chi connectivity index (χ1n) is 6.92. The van der Waals surface area contributed by atoms with Gasteiger partial charge in [-0.05, 0) is 46.6 Å². The van der Waals surface area contributed by atoms with Crippen molar-refractivity contribution < 1.29 is 9.53 Å². The molecule has 6 heteroatoms. The number of nitrogens with zero attached hydrogens (tertiary/aromatic N) is 2. The first-order valence-corrected chi connectivity index (χ1v) is 7.71. The third-order valence-electron chi connectivity index (χ3n) is 3.44. The van der Waals surface area contributed by atoms with Crippen molar-refractivity contribution >= 4 is 32.7 Å². The predicted octanol–water partition coefficient (Wildman–Crippen LogP) is 3.22. The summed E-state index contributed by atoms with van der Waals surface area (Å²) in [5.41, 5.74) is 0.895. The number of ether oxygens (including phenoxy) is 1. The van der Waals surface area contributed by atoms with Gasteiger partial charge in [0.05, 0.1) is 9.86 Å². The number of fused-ring (bicyclic) bond motifs is 1. The van der Waals surface area contributed by atoms with E-state index in [1.165, 1.54) is 7.05 Å². The summed E-state index contributed by atoms with van der Waals surface area (Å²) in [5, 5.41) is 4.96. The molecule has 0 aliphatic rings. The van der Waals surface area contributed by atoms with Crippen LogP contribution in [0.2, 0.25) is 0 Å². The number of hydrogen-bond acceptors (Lipinski definition) is 4. The maximum atomic E-state index is 12.5. The first kappa shape index (κ1) is 15.4. The SMILES string of the molecule is Cc1ccc(OC(=O)c2nn(C)c(=O)c3ccccc23)c(Br)c1. The fourth-order valence-corrected chi connectivity index (χ4v) is 2.86. The van der Waals surface area contributed by atoms with Crippen LogP contribution in [0.1, 0.15) is 16.1 Å². The minimum Gasteiger partial charge on any atom is -0.421 e. The third-order valence-corrected chi connectivity index (χ3v) is 4.06. The number of aryl methyl sites for hydroxylation is 2. The molecule has 5 nitrogen and oxygen atoms in total. The van der Waals surface area contributed by atoms with Crippen molar-refractivity contribution in [2.24, 2.45) is 7.05 Å². The molecule has 3 aromatic rings. The Morgan fingerprint density at radius 2 is 1.87 bits per heavy atom. The summed E-state index contributed by atoms with van der Waals surface area (Å²) in [4.78, 5) is 24.6. The van der Waals surface area contributed by atoms with E-state index < -0.39 is 5.97 Å². The first-order chi connectivity index (χ1) is 11.0. The molecule has 1 aromatic heterocycles. The summed E-state index contributed by atoms with van der Waals surface area (Å²) in [6, 6.07) is 12.3. The molecule has 0 saturated carbocycles. The smallest absolute Gasteiger partial charge is 0.364 e. The van der Waals surface area contributed by atoms with Gasteiger partial charge in [-0.15, -0.1) is 0 Å². The highest BCUT2D eigenvalue weighted by Gasteiger charge is 2.18. The highest BCUT2D eigenvalue weighted by atomic mass is 79.9. The third kappa shape index (κ3) is 2.90. The van der Waals surface area contributed by atoms with Crippen molar-refractivity contribution in [2.75, 3.05) is 0 Å². The molecule has 0 N–H and O–H groups in total. The molecule has 0 radical (unpaired) electrons. The van der Waals surface area contributed by atoms with E-state index >= 15 is 0 Å². The molecular formula is C17H13BrN2O3. The van der Waals surface area contributed by atoms with Gasteiger partial charge in [0.2, 0.25) is 0 Å². The van der Waals surface area contributed by atoms with Gasteiger partial charge in [0, 0.05) is 12.4 Å². The predicted molar refractivity (Wildman–Crippen MR) is 90.8 cm³/mol. The second-order valence-corrected chi connectivity index (χ2v) is 6.00. The van der Waals surface area contributed by atoms with Crippen molar-refractivity contribution in [2.45, 2.75) is 6.92 Å². The lowest BCUT2D eigenvalue weighted by Gasteiger charge is -2.09. The molecule has 1 heterocycles. The molecule has 0 aliphatic carbocycles. The average Bonchev–Trinajstić information content (AvgIpc) is 2.53. The lowest BCUT2D eigenvalue weighted by Crippen LogP contribution is -2.24. The van der Waals surface area contributed by atoms with Gasteiger partial charge in [0.25, 0.3) is 5.56 Å². The topological polar surface area (TPSA) is 61.2 Å². The number of benzene rings is 2. The number of rotatable bonds is 2. The van der Waals surface area contributed by atoms with Crippen molar-refractivity contribution in [1.82, 2.24) is 9.78 Å². The Hall–Kier alpha value is -2.47. The van der Waals surface area contributed by atoms with Gasteiger partial charge >= 0.3 is 5.97 Å². The van der Waals surface area contributed by atoms with E-state index in [9.17, 15) is 9.59 Å². The van der Waals surface area contributed by atoms with Gasteiger partial charge in [0.15, 0.2) is 5.69 Å².